The predicted octanol–water partition coefficient (Wildman–Crippen LogP) is 2.73. The van der Waals surface area contributed by atoms with Crippen LogP contribution in [0.25, 0.3) is 0 Å². The van der Waals surface area contributed by atoms with E-state index >= 15 is 0 Å². The molecule has 1 aliphatic rings. The summed E-state index contributed by atoms with van der Waals surface area (Å²) in [7, 11) is 0. The van der Waals surface area contributed by atoms with Crippen LogP contribution in [0.3, 0.4) is 0 Å². The number of halogens is 3. The van der Waals surface area contributed by atoms with Crippen molar-refractivity contribution in [1.29, 1.82) is 0 Å². The first-order valence-corrected chi connectivity index (χ1v) is 9.17. The molecule has 0 aromatic heterocycles. The Labute approximate surface area is 124 Å². The molecule has 0 aliphatic heterocycles. The minimum atomic E-state index is -5.01. The van der Waals surface area contributed by atoms with Gasteiger partial charge in [-0.05, 0) is 0 Å². The van der Waals surface area contributed by atoms with Gasteiger partial charge < -0.3 is 0 Å². The van der Waals surface area contributed by atoms with Crippen molar-refractivity contribution in [3.05, 3.63) is 30.3 Å². The van der Waals surface area contributed by atoms with Crippen LogP contribution in [0.4, 0.5) is 13.2 Å². The maximum absolute atomic E-state index is 12.6. The van der Waals surface area contributed by atoms with Crippen LogP contribution in [0.2, 0.25) is 4.82 Å². The van der Waals surface area contributed by atoms with Gasteiger partial charge in [-0.25, -0.2) is 0 Å². The standard InChI is InChI=1S/C14H15F3O3Se/c15-14(16,17)13(18)20-11-8-4-5-9-12(11)21(19)10-6-2-1-3-7-10/h1-3,6-7,11-12H,4-5,8-9H2. The SMILES string of the molecule is O=C(OC1CCCCC1[Se](=O)c1ccccc1)C(F)(F)F. The number of ether oxygens (including phenoxy) is 1. The molecule has 1 fully saturated rings. The molecule has 3 unspecified atom stereocenters. The van der Waals surface area contributed by atoms with E-state index < -0.39 is 36.9 Å². The summed E-state index contributed by atoms with van der Waals surface area (Å²) in [6, 6.07) is 8.67. The Balaban J connectivity index is 2.12. The van der Waals surface area contributed by atoms with Crippen molar-refractivity contribution in [2.45, 2.75) is 42.8 Å². The summed E-state index contributed by atoms with van der Waals surface area (Å²) in [6.07, 6.45) is -3.58. The minimum absolute atomic E-state index is 0.335. The van der Waals surface area contributed by atoms with Crippen molar-refractivity contribution in [2.75, 3.05) is 0 Å². The van der Waals surface area contributed by atoms with E-state index in [1.165, 1.54) is 0 Å². The molecule has 7 heteroatoms. The molecule has 0 saturated heterocycles. The molecule has 116 valence electrons. The fourth-order valence-corrected chi connectivity index (χ4v) is 5.78. The van der Waals surface area contributed by atoms with Crippen molar-refractivity contribution in [3.63, 3.8) is 0 Å². The van der Waals surface area contributed by atoms with E-state index in [-0.39, 0.29) is 0 Å². The normalized spacial score (nSPS) is 24.3. The van der Waals surface area contributed by atoms with Crippen molar-refractivity contribution in [2.24, 2.45) is 0 Å². The Morgan fingerprint density at radius 1 is 1.14 bits per heavy atom. The number of carbonyl (C=O) groups excluding carboxylic acids is 1. The van der Waals surface area contributed by atoms with E-state index in [1.807, 2.05) is 0 Å². The van der Waals surface area contributed by atoms with Crippen molar-refractivity contribution in [3.8, 4) is 0 Å². The monoisotopic (exact) mass is 368 g/mol. The van der Waals surface area contributed by atoms with E-state index in [1.54, 1.807) is 30.3 Å². The topological polar surface area (TPSA) is 43.4 Å². The molecule has 0 radical (unpaired) electrons. The van der Waals surface area contributed by atoms with Gasteiger partial charge in [0.15, 0.2) is 0 Å². The molecule has 0 heterocycles. The molecule has 0 amide bonds. The van der Waals surface area contributed by atoms with E-state index in [4.69, 9.17) is 0 Å². The van der Waals surface area contributed by atoms with E-state index in [2.05, 4.69) is 4.74 Å². The summed E-state index contributed by atoms with van der Waals surface area (Å²) in [5.41, 5.74) is 0. The Kier molecular flexibility index (Phi) is 5.17. The summed E-state index contributed by atoms with van der Waals surface area (Å²) in [4.78, 5) is 10.5. The third-order valence-corrected chi connectivity index (χ3v) is 7.21. The Morgan fingerprint density at radius 3 is 2.38 bits per heavy atom. The van der Waals surface area contributed by atoms with Crippen molar-refractivity contribution in [1.82, 2.24) is 0 Å². The van der Waals surface area contributed by atoms with Crippen LogP contribution >= 0.6 is 0 Å². The van der Waals surface area contributed by atoms with E-state index in [0.717, 1.165) is 6.42 Å². The zero-order valence-electron chi connectivity index (χ0n) is 11.1. The quantitative estimate of drug-likeness (QED) is 0.610. The average molecular weight is 367 g/mol. The first-order chi connectivity index (χ1) is 9.89. The molecular formula is C14H15F3O3Se. The molecular weight excluding hydrogens is 352 g/mol. The zero-order valence-corrected chi connectivity index (χ0v) is 12.8. The van der Waals surface area contributed by atoms with Crippen LogP contribution in [0.1, 0.15) is 25.7 Å². The fourth-order valence-electron chi connectivity index (χ4n) is 2.38. The maximum atomic E-state index is 12.6. The summed E-state index contributed by atoms with van der Waals surface area (Å²) >= 11 is -2.55. The number of esters is 1. The molecule has 1 aromatic carbocycles. The van der Waals surface area contributed by atoms with Crippen LogP contribution in [0, 0.1) is 0 Å². The van der Waals surface area contributed by atoms with Crippen LogP contribution in [0.15, 0.2) is 30.3 Å². The fraction of sp³-hybridized carbons (Fsp3) is 0.500. The molecule has 1 saturated carbocycles. The van der Waals surface area contributed by atoms with E-state index in [9.17, 15) is 21.8 Å². The first kappa shape index (κ1) is 16.2. The van der Waals surface area contributed by atoms with Gasteiger partial charge in [-0.15, -0.1) is 0 Å². The number of carbonyl (C=O) groups is 1. The molecule has 3 atom stereocenters. The molecule has 0 N–H and O–H groups in total. The van der Waals surface area contributed by atoms with Crippen LogP contribution < -0.4 is 4.46 Å². The molecule has 3 nitrogen and oxygen atoms in total. The van der Waals surface area contributed by atoms with Gasteiger partial charge in [-0.1, -0.05) is 0 Å². The number of alkyl halides is 3. The van der Waals surface area contributed by atoms with E-state index in [0.29, 0.717) is 23.7 Å². The van der Waals surface area contributed by atoms with Crippen LogP contribution in [-0.4, -0.2) is 32.1 Å². The molecule has 0 spiro atoms. The van der Waals surface area contributed by atoms with Gasteiger partial charge in [0.05, 0.1) is 0 Å². The van der Waals surface area contributed by atoms with Gasteiger partial charge in [0.1, 0.15) is 0 Å². The van der Waals surface area contributed by atoms with Crippen molar-refractivity contribution < 1.29 is 26.5 Å². The second-order valence-electron chi connectivity index (χ2n) is 4.87. The Bertz CT molecular complexity index is 516. The molecule has 21 heavy (non-hydrogen) atoms. The first-order valence-electron chi connectivity index (χ1n) is 6.63. The van der Waals surface area contributed by atoms with Gasteiger partial charge in [-0.3, -0.25) is 0 Å². The summed E-state index contributed by atoms with van der Waals surface area (Å²) in [5.74, 6) is -2.19. The third-order valence-electron chi connectivity index (χ3n) is 3.38. The van der Waals surface area contributed by atoms with Gasteiger partial charge in [0.25, 0.3) is 0 Å². The molecule has 1 aromatic rings. The number of rotatable bonds is 3. The predicted molar refractivity (Wildman–Crippen MR) is 70.7 cm³/mol. The Morgan fingerprint density at radius 2 is 1.76 bits per heavy atom. The molecule has 2 rings (SSSR count). The number of benzene rings is 1. The number of hydrogen-bond donors (Lipinski definition) is 0. The zero-order chi connectivity index (χ0) is 15.5. The second kappa shape index (κ2) is 6.71. The molecule has 0 bridgehead atoms. The van der Waals surface area contributed by atoms with Gasteiger partial charge in [0.2, 0.25) is 0 Å². The summed E-state index contributed by atoms with van der Waals surface area (Å²) < 4.78 is 54.7. The van der Waals surface area contributed by atoms with Gasteiger partial charge >= 0.3 is 124 Å². The summed E-state index contributed by atoms with van der Waals surface area (Å²) in [5, 5.41) is 0. The van der Waals surface area contributed by atoms with Gasteiger partial charge in [0, 0.05) is 0 Å². The Hall–Kier alpha value is -1.20. The van der Waals surface area contributed by atoms with Crippen LogP contribution in [-0.2, 0) is 13.4 Å². The second-order valence-corrected chi connectivity index (χ2v) is 8.38. The number of hydrogen-bond acceptors (Lipinski definition) is 3. The molecule has 1 aliphatic carbocycles. The van der Waals surface area contributed by atoms with Crippen LogP contribution in [0.5, 0.6) is 0 Å². The van der Waals surface area contributed by atoms with Gasteiger partial charge in [-0.2, -0.15) is 0 Å². The third kappa shape index (κ3) is 4.14. The van der Waals surface area contributed by atoms with Crippen molar-refractivity contribution >= 4 is 24.3 Å². The summed E-state index contributed by atoms with van der Waals surface area (Å²) in [6.45, 7) is 0. The average Bonchev–Trinajstić information content (AvgIpc) is 2.47.